The summed E-state index contributed by atoms with van der Waals surface area (Å²) < 4.78 is 0. The van der Waals surface area contributed by atoms with Gasteiger partial charge in [0.2, 0.25) is 0 Å². The second kappa shape index (κ2) is 4.30. The molecule has 5 heteroatoms. The molecule has 0 spiro atoms. The molecule has 1 N–H and O–H groups in total. The largest absolute Gasteiger partial charge is 0.278 e. The van der Waals surface area contributed by atoms with Crippen molar-refractivity contribution in [2.24, 2.45) is 5.11 Å². The number of azide groups is 1. The van der Waals surface area contributed by atoms with Crippen LogP contribution in [0.4, 0.5) is 0 Å². The van der Waals surface area contributed by atoms with Crippen molar-refractivity contribution in [1.29, 1.82) is 0 Å². The van der Waals surface area contributed by atoms with E-state index in [9.17, 15) is 0 Å². The van der Waals surface area contributed by atoms with Crippen LogP contribution in [0.15, 0.2) is 41.6 Å². The first kappa shape index (κ1) is 9.30. The number of H-pyrrole nitrogens is 1. The topological polar surface area (TPSA) is 77.4 Å². The molecule has 0 saturated carbocycles. The lowest BCUT2D eigenvalue weighted by molar-refractivity contribution is 1.05. The number of nitrogens with one attached hydrogen (secondary N) is 1. The minimum Gasteiger partial charge on any atom is -0.278 e. The zero-order valence-electron chi connectivity index (χ0n) is 7.96. The average Bonchev–Trinajstić information content (AvgIpc) is 2.75. The van der Waals surface area contributed by atoms with Crippen molar-refractivity contribution in [3.63, 3.8) is 0 Å². The molecule has 0 radical (unpaired) electrons. The number of aromatic nitrogens is 2. The van der Waals surface area contributed by atoms with Crippen LogP contribution in [0.25, 0.3) is 21.7 Å². The third kappa shape index (κ3) is 1.98. The van der Waals surface area contributed by atoms with E-state index in [0.29, 0.717) is 6.54 Å². The van der Waals surface area contributed by atoms with Crippen LogP contribution in [0.3, 0.4) is 0 Å². The highest BCUT2D eigenvalue weighted by molar-refractivity contribution is 5.62. The van der Waals surface area contributed by atoms with E-state index in [1.807, 2.05) is 30.3 Å². The Balaban J connectivity index is 2.37. The zero-order chi connectivity index (χ0) is 10.5. The van der Waals surface area contributed by atoms with E-state index in [4.69, 9.17) is 5.53 Å². The summed E-state index contributed by atoms with van der Waals surface area (Å²) >= 11 is 0. The van der Waals surface area contributed by atoms with Crippen molar-refractivity contribution < 1.29 is 0 Å². The van der Waals surface area contributed by atoms with Crippen LogP contribution in [0.2, 0.25) is 0 Å². The number of rotatable bonds is 3. The minimum atomic E-state index is 0.317. The molecule has 5 nitrogen and oxygen atoms in total. The highest BCUT2D eigenvalue weighted by atomic mass is 15.1. The number of aromatic amines is 1. The lowest BCUT2D eigenvalue weighted by Gasteiger charge is -1.99. The van der Waals surface area contributed by atoms with Gasteiger partial charge >= 0.3 is 0 Å². The van der Waals surface area contributed by atoms with E-state index in [1.165, 1.54) is 0 Å². The molecule has 0 bridgehead atoms. The first-order chi connectivity index (χ1) is 7.42. The standard InChI is InChI=1S/C10H9N5/c11-15-13-7-9-6-12-14-10(9)8-4-2-1-3-5-8/h1-6H,7H2,(H,12,14). The van der Waals surface area contributed by atoms with Gasteiger partial charge in [-0.05, 0) is 11.1 Å². The van der Waals surface area contributed by atoms with E-state index in [-0.39, 0.29) is 0 Å². The first-order valence-corrected chi connectivity index (χ1v) is 4.50. The van der Waals surface area contributed by atoms with Gasteiger partial charge < -0.3 is 0 Å². The Kier molecular flexibility index (Phi) is 2.67. The Morgan fingerprint density at radius 3 is 2.87 bits per heavy atom. The maximum absolute atomic E-state index is 8.25. The van der Waals surface area contributed by atoms with E-state index in [0.717, 1.165) is 16.8 Å². The molecule has 2 rings (SSSR count). The van der Waals surface area contributed by atoms with Gasteiger partial charge in [0, 0.05) is 10.5 Å². The van der Waals surface area contributed by atoms with Crippen LogP contribution in [-0.2, 0) is 6.54 Å². The van der Waals surface area contributed by atoms with Crippen molar-refractivity contribution in [3.8, 4) is 11.3 Å². The lowest BCUT2D eigenvalue weighted by atomic mass is 10.1. The van der Waals surface area contributed by atoms with Crippen LogP contribution in [0.5, 0.6) is 0 Å². The summed E-state index contributed by atoms with van der Waals surface area (Å²) in [6.45, 7) is 0.317. The Bertz CT molecular complexity index is 482. The number of benzene rings is 1. The summed E-state index contributed by atoms with van der Waals surface area (Å²) in [5.41, 5.74) is 11.1. The van der Waals surface area contributed by atoms with Crippen LogP contribution in [0, 0.1) is 0 Å². The molecule has 0 fully saturated rings. The van der Waals surface area contributed by atoms with Crippen molar-refractivity contribution >= 4 is 0 Å². The van der Waals surface area contributed by atoms with Gasteiger partial charge in [-0.15, -0.1) is 0 Å². The SMILES string of the molecule is [N-]=[N+]=NCc1cn[nH]c1-c1ccccc1. The van der Waals surface area contributed by atoms with Gasteiger partial charge in [-0.1, -0.05) is 35.4 Å². The summed E-state index contributed by atoms with van der Waals surface area (Å²) in [6, 6.07) is 9.81. The molecule has 1 aromatic carbocycles. The van der Waals surface area contributed by atoms with Crippen LogP contribution < -0.4 is 0 Å². The van der Waals surface area contributed by atoms with Crippen molar-refractivity contribution in [2.45, 2.75) is 6.54 Å². The van der Waals surface area contributed by atoms with Gasteiger partial charge in [0.05, 0.1) is 18.4 Å². The Morgan fingerprint density at radius 2 is 2.13 bits per heavy atom. The predicted octanol–water partition coefficient (Wildman–Crippen LogP) is 2.89. The normalized spacial score (nSPS) is 9.60. The Morgan fingerprint density at radius 1 is 1.33 bits per heavy atom. The van der Waals surface area contributed by atoms with E-state index in [2.05, 4.69) is 20.2 Å². The quantitative estimate of drug-likeness (QED) is 0.460. The van der Waals surface area contributed by atoms with Gasteiger partial charge in [0.15, 0.2) is 0 Å². The molecule has 0 atom stereocenters. The fourth-order valence-corrected chi connectivity index (χ4v) is 1.39. The lowest BCUT2D eigenvalue weighted by Crippen LogP contribution is -1.83. The molecule has 0 amide bonds. The summed E-state index contributed by atoms with van der Waals surface area (Å²) in [6.07, 6.45) is 1.68. The number of hydrogen-bond donors (Lipinski definition) is 1. The summed E-state index contributed by atoms with van der Waals surface area (Å²) in [5, 5.41) is 10.4. The molecular formula is C10H9N5. The maximum Gasteiger partial charge on any atom is 0.0683 e. The van der Waals surface area contributed by atoms with Gasteiger partial charge in [-0.3, -0.25) is 5.10 Å². The van der Waals surface area contributed by atoms with Crippen LogP contribution in [0.1, 0.15) is 5.56 Å². The van der Waals surface area contributed by atoms with Gasteiger partial charge in [0.25, 0.3) is 0 Å². The third-order valence-corrected chi connectivity index (χ3v) is 2.08. The molecule has 0 saturated heterocycles. The molecule has 2 aromatic rings. The molecular weight excluding hydrogens is 190 g/mol. The van der Waals surface area contributed by atoms with Gasteiger partial charge in [0.1, 0.15) is 0 Å². The fraction of sp³-hybridized carbons (Fsp3) is 0.100. The molecule has 1 aromatic heterocycles. The van der Waals surface area contributed by atoms with E-state index < -0.39 is 0 Å². The summed E-state index contributed by atoms with van der Waals surface area (Å²) in [4.78, 5) is 2.73. The zero-order valence-corrected chi connectivity index (χ0v) is 7.96. The van der Waals surface area contributed by atoms with Gasteiger partial charge in [-0.2, -0.15) is 5.10 Å². The van der Waals surface area contributed by atoms with Crippen molar-refractivity contribution in [3.05, 3.63) is 52.5 Å². The van der Waals surface area contributed by atoms with E-state index >= 15 is 0 Å². The van der Waals surface area contributed by atoms with Crippen LogP contribution >= 0.6 is 0 Å². The Hall–Kier alpha value is -2.26. The van der Waals surface area contributed by atoms with Gasteiger partial charge in [-0.25, -0.2) is 0 Å². The smallest absolute Gasteiger partial charge is 0.0683 e. The van der Waals surface area contributed by atoms with Crippen molar-refractivity contribution in [2.75, 3.05) is 0 Å². The number of nitrogens with zero attached hydrogens (tertiary/aromatic N) is 4. The monoisotopic (exact) mass is 199 g/mol. The average molecular weight is 199 g/mol. The minimum absolute atomic E-state index is 0.317. The summed E-state index contributed by atoms with van der Waals surface area (Å²) in [5.74, 6) is 0. The second-order valence-electron chi connectivity index (χ2n) is 3.03. The molecule has 0 aliphatic rings. The van der Waals surface area contributed by atoms with Crippen molar-refractivity contribution in [1.82, 2.24) is 10.2 Å². The highest BCUT2D eigenvalue weighted by Gasteiger charge is 2.05. The maximum atomic E-state index is 8.25. The summed E-state index contributed by atoms with van der Waals surface area (Å²) in [7, 11) is 0. The molecule has 0 unspecified atom stereocenters. The molecule has 0 aliphatic carbocycles. The molecule has 74 valence electrons. The van der Waals surface area contributed by atoms with E-state index in [1.54, 1.807) is 6.20 Å². The first-order valence-electron chi connectivity index (χ1n) is 4.50. The molecule has 15 heavy (non-hydrogen) atoms. The molecule has 0 aliphatic heterocycles. The highest BCUT2D eigenvalue weighted by Crippen LogP contribution is 2.20. The third-order valence-electron chi connectivity index (χ3n) is 2.08. The Labute approximate surface area is 86.4 Å². The second-order valence-corrected chi connectivity index (χ2v) is 3.03. The van der Waals surface area contributed by atoms with Crippen LogP contribution in [-0.4, -0.2) is 10.2 Å². The molecule has 1 heterocycles. The number of hydrogen-bond acceptors (Lipinski definition) is 2. The predicted molar refractivity (Wildman–Crippen MR) is 56.9 cm³/mol. The fourth-order valence-electron chi connectivity index (χ4n) is 1.39.